The van der Waals surface area contributed by atoms with Crippen molar-refractivity contribution < 1.29 is 4.79 Å². The predicted octanol–water partition coefficient (Wildman–Crippen LogP) is 3.35. The molecule has 0 unspecified atom stereocenters. The lowest BCUT2D eigenvalue weighted by Gasteiger charge is -2.32. The Morgan fingerprint density at radius 1 is 1.43 bits per heavy atom. The van der Waals surface area contributed by atoms with E-state index >= 15 is 0 Å². The van der Waals surface area contributed by atoms with E-state index in [2.05, 4.69) is 22.5 Å². The van der Waals surface area contributed by atoms with Crippen molar-refractivity contribution in [3.8, 4) is 0 Å². The monoisotopic (exact) mass is 321 g/mol. The number of nitrogens with one attached hydrogen (secondary N) is 2. The fourth-order valence-electron chi connectivity index (χ4n) is 2.56. The van der Waals surface area contributed by atoms with E-state index in [0.717, 1.165) is 46.2 Å². The van der Waals surface area contributed by atoms with E-state index in [1.165, 1.54) is 0 Å². The summed E-state index contributed by atoms with van der Waals surface area (Å²) in [5, 5.41) is 6.38. The molecule has 2 aromatic rings. The highest BCUT2D eigenvalue weighted by Gasteiger charge is 2.34. The highest BCUT2D eigenvalue weighted by molar-refractivity contribution is 8.00. The van der Waals surface area contributed by atoms with Crippen LogP contribution in [0.15, 0.2) is 22.5 Å². The lowest BCUT2D eigenvalue weighted by atomic mass is 9.80. The van der Waals surface area contributed by atoms with E-state index in [4.69, 9.17) is 0 Å². The summed E-state index contributed by atoms with van der Waals surface area (Å²) in [6.45, 7) is 3.88. The number of hydrogen-bond acceptors (Lipinski definition) is 5. The number of amides is 1. The Morgan fingerprint density at radius 3 is 2.90 bits per heavy atom. The smallest absolute Gasteiger partial charge is 0.230 e. The zero-order valence-corrected chi connectivity index (χ0v) is 13.9. The maximum atomic E-state index is 12.5. The average Bonchev–Trinajstić information content (AvgIpc) is 2.90. The SMILES string of the molecule is CSc1nc2ccc(NC(=O)C3(C)CCNCC3)cc2s1. The van der Waals surface area contributed by atoms with Crippen molar-refractivity contribution >= 4 is 44.9 Å². The van der Waals surface area contributed by atoms with Crippen LogP contribution in [0.2, 0.25) is 0 Å². The van der Waals surface area contributed by atoms with Crippen molar-refractivity contribution in [3.63, 3.8) is 0 Å². The number of rotatable bonds is 3. The second-order valence-corrected chi connectivity index (χ2v) is 7.72. The number of anilines is 1. The van der Waals surface area contributed by atoms with Crippen LogP contribution in [0.4, 0.5) is 5.69 Å². The normalized spacial score (nSPS) is 17.8. The minimum absolute atomic E-state index is 0.123. The van der Waals surface area contributed by atoms with Crippen molar-refractivity contribution in [1.82, 2.24) is 10.3 Å². The average molecular weight is 321 g/mol. The molecule has 2 N–H and O–H groups in total. The number of benzene rings is 1. The molecule has 0 bridgehead atoms. The lowest BCUT2D eigenvalue weighted by molar-refractivity contribution is -0.126. The van der Waals surface area contributed by atoms with Gasteiger partial charge < -0.3 is 10.6 Å². The van der Waals surface area contributed by atoms with E-state index < -0.39 is 0 Å². The second kappa shape index (κ2) is 5.94. The van der Waals surface area contributed by atoms with Gasteiger partial charge in [-0.1, -0.05) is 18.7 Å². The first-order valence-electron chi connectivity index (χ1n) is 7.07. The number of piperidine rings is 1. The fourth-order valence-corrected chi connectivity index (χ4v) is 4.08. The highest BCUT2D eigenvalue weighted by atomic mass is 32.2. The van der Waals surface area contributed by atoms with Crippen molar-refractivity contribution in [3.05, 3.63) is 18.2 Å². The molecule has 0 saturated carbocycles. The van der Waals surface area contributed by atoms with Gasteiger partial charge in [-0.15, -0.1) is 11.3 Å². The first kappa shape index (κ1) is 14.8. The Balaban J connectivity index is 1.79. The Kier molecular flexibility index (Phi) is 4.19. The van der Waals surface area contributed by atoms with Gasteiger partial charge in [0, 0.05) is 11.1 Å². The summed E-state index contributed by atoms with van der Waals surface area (Å²) < 4.78 is 2.17. The molecule has 1 aromatic carbocycles. The van der Waals surface area contributed by atoms with Gasteiger partial charge in [-0.05, 0) is 50.4 Å². The summed E-state index contributed by atoms with van der Waals surface area (Å²) in [5.41, 5.74) is 1.59. The van der Waals surface area contributed by atoms with Crippen LogP contribution < -0.4 is 10.6 Å². The van der Waals surface area contributed by atoms with Crippen LogP contribution in [0.3, 0.4) is 0 Å². The topological polar surface area (TPSA) is 54.0 Å². The lowest BCUT2D eigenvalue weighted by Crippen LogP contribution is -2.42. The van der Waals surface area contributed by atoms with Crippen LogP contribution in [0, 0.1) is 5.41 Å². The maximum absolute atomic E-state index is 12.5. The molecule has 1 amide bonds. The van der Waals surface area contributed by atoms with Crippen molar-refractivity contribution in [2.45, 2.75) is 24.1 Å². The minimum Gasteiger partial charge on any atom is -0.326 e. The summed E-state index contributed by atoms with van der Waals surface area (Å²) in [6, 6.07) is 5.94. The summed E-state index contributed by atoms with van der Waals surface area (Å²) >= 11 is 3.31. The quantitative estimate of drug-likeness (QED) is 0.851. The first-order valence-corrected chi connectivity index (χ1v) is 9.12. The molecule has 0 radical (unpaired) electrons. The van der Waals surface area contributed by atoms with Gasteiger partial charge in [-0.25, -0.2) is 4.98 Å². The molecule has 0 aliphatic carbocycles. The third kappa shape index (κ3) is 3.07. The summed E-state index contributed by atoms with van der Waals surface area (Å²) in [6.07, 6.45) is 3.80. The molecule has 1 saturated heterocycles. The largest absolute Gasteiger partial charge is 0.326 e. The molecule has 2 heterocycles. The van der Waals surface area contributed by atoms with Crippen molar-refractivity contribution in [1.29, 1.82) is 0 Å². The van der Waals surface area contributed by atoms with Crippen LogP contribution in [-0.2, 0) is 4.79 Å². The summed E-state index contributed by atoms with van der Waals surface area (Å²) in [4.78, 5) is 17.0. The van der Waals surface area contributed by atoms with Crippen LogP contribution in [0.5, 0.6) is 0 Å². The molecule has 1 aromatic heterocycles. The minimum atomic E-state index is -0.266. The third-order valence-corrected chi connectivity index (χ3v) is 6.06. The Labute approximate surface area is 132 Å². The number of nitrogens with zero attached hydrogens (tertiary/aromatic N) is 1. The number of carbonyl (C=O) groups is 1. The standard InChI is InChI=1S/C15H19N3OS2/c1-15(5-7-16-8-6-15)13(19)17-10-3-4-11-12(9-10)21-14(18-11)20-2/h3-4,9,16H,5-8H2,1-2H3,(H,17,19). The first-order chi connectivity index (χ1) is 10.1. The van der Waals surface area contributed by atoms with Gasteiger partial charge in [0.2, 0.25) is 5.91 Å². The number of thioether (sulfide) groups is 1. The summed E-state index contributed by atoms with van der Waals surface area (Å²) in [7, 11) is 0. The van der Waals surface area contributed by atoms with Gasteiger partial charge in [-0.2, -0.15) is 0 Å². The van der Waals surface area contributed by atoms with E-state index in [1.54, 1.807) is 23.1 Å². The molecule has 1 aliphatic heterocycles. The van der Waals surface area contributed by atoms with Gasteiger partial charge >= 0.3 is 0 Å². The van der Waals surface area contributed by atoms with Gasteiger partial charge in [0.25, 0.3) is 0 Å². The van der Waals surface area contributed by atoms with Gasteiger partial charge in [0.05, 0.1) is 10.2 Å². The maximum Gasteiger partial charge on any atom is 0.230 e. The van der Waals surface area contributed by atoms with E-state index in [9.17, 15) is 4.79 Å². The molecule has 1 fully saturated rings. The molecule has 0 atom stereocenters. The van der Waals surface area contributed by atoms with Crippen LogP contribution in [0.1, 0.15) is 19.8 Å². The molecule has 3 rings (SSSR count). The third-order valence-electron chi connectivity index (χ3n) is 4.06. The number of fused-ring (bicyclic) bond motifs is 1. The van der Waals surface area contributed by atoms with Gasteiger partial charge in [0.1, 0.15) is 0 Å². The molecular weight excluding hydrogens is 302 g/mol. The number of carbonyl (C=O) groups excluding carboxylic acids is 1. The molecular formula is C15H19N3OS2. The molecule has 21 heavy (non-hydrogen) atoms. The Bertz CT molecular complexity index is 662. The molecule has 6 heteroatoms. The number of hydrogen-bond donors (Lipinski definition) is 2. The molecule has 112 valence electrons. The van der Waals surface area contributed by atoms with Crippen LogP contribution in [0.25, 0.3) is 10.2 Å². The zero-order chi connectivity index (χ0) is 14.9. The van der Waals surface area contributed by atoms with Gasteiger partial charge in [-0.3, -0.25) is 4.79 Å². The zero-order valence-electron chi connectivity index (χ0n) is 12.2. The van der Waals surface area contributed by atoms with Crippen LogP contribution in [-0.4, -0.2) is 30.2 Å². The molecule has 4 nitrogen and oxygen atoms in total. The van der Waals surface area contributed by atoms with Gasteiger partial charge in [0.15, 0.2) is 4.34 Å². The summed E-state index contributed by atoms with van der Waals surface area (Å²) in [5.74, 6) is 0.123. The number of thiazole rings is 1. The van der Waals surface area contributed by atoms with E-state index in [0.29, 0.717) is 0 Å². The highest BCUT2D eigenvalue weighted by Crippen LogP contribution is 2.32. The van der Waals surface area contributed by atoms with Crippen molar-refractivity contribution in [2.24, 2.45) is 5.41 Å². The second-order valence-electron chi connectivity index (χ2n) is 5.63. The van der Waals surface area contributed by atoms with Crippen LogP contribution >= 0.6 is 23.1 Å². The molecule has 1 aliphatic rings. The Morgan fingerprint density at radius 2 is 2.19 bits per heavy atom. The molecule has 0 spiro atoms. The predicted molar refractivity (Wildman–Crippen MR) is 90.2 cm³/mol. The van der Waals surface area contributed by atoms with E-state index in [-0.39, 0.29) is 11.3 Å². The number of aromatic nitrogens is 1. The Hall–Kier alpha value is -1.11. The van der Waals surface area contributed by atoms with Crippen molar-refractivity contribution in [2.75, 3.05) is 24.7 Å². The van der Waals surface area contributed by atoms with E-state index in [1.807, 2.05) is 24.5 Å². The fraction of sp³-hybridized carbons (Fsp3) is 0.467.